The first-order chi connectivity index (χ1) is 9.11. The van der Waals surface area contributed by atoms with Gasteiger partial charge in [-0.25, -0.2) is 9.37 Å². The van der Waals surface area contributed by atoms with Crippen LogP contribution in [0.2, 0.25) is 0 Å². The molecule has 1 N–H and O–H groups in total. The lowest BCUT2D eigenvalue weighted by Gasteiger charge is -2.03. The first kappa shape index (κ1) is 13.8. The van der Waals surface area contributed by atoms with Gasteiger partial charge in [0.1, 0.15) is 17.5 Å². The van der Waals surface area contributed by atoms with Crippen LogP contribution >= 0.6 is 11.6 Å². The van der Waals surface area contributed by atoms with Gasteiger partial charge in [0.2, 0.25) is 5.91 Å². The van der Waals surface area contributed by atoms with E-state index in [1.807, 2.05) is 11.6 Å². The minimum atomic E-state index is -0.286. The van der Waals surface area contributed by atoms with Crippen LogP contribution in [0, 0.1) is 5.82 Å². The summed E-state index contributed by atoms with van der Waals surface area (Å²) in [6.07, 6.45) is 1.48. The van der Waals surface area contributed by atoms with Crippen molar-refractivity contribution >= 4 is 28.5 Å². The lowest BCUT2D eigenvalue weighted by molar-refractivity contribution is -0.118. The highest BCUT2D eigenvalue weighted by atomic mass is 35.5. The fraction of sp³-hybridized carbons (Fsp3) is 0.385. The number of alkyl halides is 1. The van der Waals surface area contributed by atoms with E-state index in [1.165, 1.54) is 12.1 Å². The van der Waals surface area contributed by atoms with Gasteiger partial charge in [0.05, 0.1) is 11.0 Å². The van der Waals surface area contributed by atoms with Crippen LogP contribution in [0.4, 0.5) is 4.39 Å². The van der Waals surface area contributed by atoms with E-state index in [1.54, 1.807) is 6.07 Å². The van der Waals surface area contributed by atoms with Crippen LogP contribution in [0.3, 0.4) is 0 Å². The number of nitrogens with one attached hydrogen (secondary N) is 1. The highest BCUT2D eigenvalue weighted by Gasteiger charge is 2.08. The molecule has 1 aromatic heterocycles. The molecule has 1 heterocycles. The number of carbonyl (C=O) groups excluding carboxylic acids is 1. The molecule has 0 fully saturated rings. The quantitative estimate of drug-likeness (QED) is 0.674. The van der Waals surface area contributed by atoms with Gasteiger partial charge in [-0.2, -0.15) is 0 Å². The van der Waals surface area contributed by atoms with Crippen molar-refractivity contribution in [1.82, 2.24) is 14.9 Å². The van der Waals surface area contributed by atoms with E-state index in [0.717, 1.165) is 24.2 Å². The molecule has 19 heavy (non-hydrogen) atoms. The Bertz CT molecular complexity index is 597. The second-order valence-electron chi connectivity index (χ2n) is 4.31. The number of amides is 1. The summed E-state index contributed by atoms with van der Waals surface area (Å²) in [4.78, 5) is 15.4. The van der Waals surface area contributed by atoms with Crippen LogP contribution in [-0.2, 0) is 18.3 Å². The summed E-state index contributed by atoms with van der Waals surface area (Å²) in [6, 6.07) is 4.57. The molecule has 0 aliphatic heterocycles. The number of benzene rings is 1. The molecule has 6 heteroatoms. The Morgan fingerprint density at radius 3 is 3.05 bits per heavy atom. The number of hydrogen-bond donors (Lipinski definition) is 1. The summed E-state index contributed by atoms with van der Waals surface area (Å²) in [5.41, 5.74) is 1.56. The molecule has 1 aromatic carbocycles. The van der Waals surface area contributed by atoms with Gasteiger partial charge < -0.3 is 9.88 Å². The molecular formula is C13H15ClFN3O. The van der Waals surface area contributed by atoms with Gasteiger partial charge in [0, 0.05) is 26.1 Å². The summed E-state index contributed by atoms with van der Waals surface area (Å²) in [6.45, 7) is 0.559. The Hall–Kier alpha value is -1.62. The Labute approximate surface area is 115 Å². The van der Waals surface area contributed by atoms with Crippen LogP contribution < -0.4 is 5.32 Å². The predicted molar refractivity (Wildman–Crippen MR) is 72.7 cm³/mol. The van der Waals surface area contributed by atoms with E-state index in [0.29, 0.717) is 12.1 Å². The molecule has 0 aliphatic carbocycles. The number of halogens is 2. The molecule has 4 nitrogen and oxygen atoms in total. The van der Waals surface area contributed by atoms with Crippen molar-refractivity contribution in [2.24, 2.45) is 7.05 Å². The van der Waals surface area contributed by atoms with Crippen molar-refractivity contribution in [2.45, 2.75) is 12.8 Å². The molecule has 0 atom stereocenters. The van der Waals surface area contributed by atoms with Crippen LogP contribution in [0.25, 0.3) is 11.0 Å². The van der Waals surface area contributed by atoms with Crippen molar-refractivity contribution in [3.05, 3.63) is 29.8 Å². The van der Waals surface area contributed by atoms with Crippen LogP contribution in [0.5, 0.6) is 0 Å². The second kappa shape index (κ2) is 6.02. The summed E-state index contributed by atoms with van der Waals surface area (Å²) in [7, 11) is 1.90. The number of aromatic nitrogens is 2. The highest BCUT2D eigenvalue weighted by Crippen LogP contribution is 2.16. The van der Waals surface area contributed by atoms with E-state index in [-0.39, 0.29) is 17.6 Å². The molecule has 2 rings (SSSR count). The fourth-order valence-corrected chi connectivity index (χ4v) is 2.06. The summed E-state index contributed by atoms with van der Waals surface area (Å²) in [5, 5.41) is 2.70. The third-order valence-electron chi connectivity index (χ3n) is 2.96. The Balaban J connectivity index is 2.01. The van der Waals surface area contributed by atoms with E-state index >= 15 is 0 Å². The maximum Gasteiger partial charge on any atom is 0.234 e. The minimum Gasteiger partial charge on any atom is -0.355 e. The molecule has 0 bridgehead atoms. The number of carbonyl (C=O) groups is 1. The Kier molecular flexibility index (Phi) is 4.37. The van der Waals surface area contributed by atoms with E-state index < -0.39 is 0 Å². The van der Waals surface area contributed by atoms with Gasteiger partial charge in [0.15, 0.2) is 0 Å². The molecule has 0 spiro atoms. The number of aryl methyl sites for hydroxylation is 2. The Morgan fingerprint density at radius 2 is 2.32 bits per heavy atom. The summed E-state index contributed by atoms with van der Waals surface area (Å²) < 4.78 is 15.0. The Morgan fingerprint density at radius 1 is 1.53 bits per heavy atom. The van der Waals surface area contributed by atoms with E-state index in [9.17, 15) is 9.18 Å². The fourth-order valence-electron chi connectivity index (χ4n) is 1.97. The second-order valence-corrected chi connectivity index (χ2v) is 4.57. The van der Waals surface area contributed by atoms with Crippen LogP contribution in [-0.4, -0.2) is 27.9 Å². The predicted octanol–water partition coefficient (Wildman–Crippen LogP) is 2.00. The number of rotatable bonds is 5. The summed E-state index contributed by atoms with van der Waals surface area (Å²) in [5.74, 6) is 0.395. The van der Waals surface area contributed by atoms with Gasteiger partial charge in [-0.3, -0.25) is 4.79 Å². The third kappa shape index (κ3) is 3.23. The van der Waals surface area contributed by atoms with Gasteiger partial charge in [-0.15, -0.1) is 11.6 Å². The monoisotopic (exact) mass is 283 g/mol. The molecule has 0 saturated heterocycles. The maximum atomic E-state index is 13.1. The number of nitrogens with zero attached hydrogens (tertiary/aromatic N) is 2. The van der Waals surface area contributed by atoms with Crippen LogP contribution in [0.15, 0.2) is 18.2 Å². The number of fused-ring (bicyclic) bond motifs is 1. The molecule has 0 saturated carbocycles. The largest absolute Gasteiger partial charge is 0.355 e. The SMILES string of the molecule is Cn1c(CCCNC(=O)CCl)nc2cc(F)ccc21. The van der Waals surface area contributed by atoms with E-state index in [4.69, 9.17) is 11.6 Å². The van der Waals surface area contributed by atoms with Gasteiger partial charge >= 0.3 is 0 Å². The molecule has 102 valence electrons. The first-order valence-corrected chi connectivity index (χ1v) is 6.59. The molecule has 0 radical (unpaired) electrons. The molecule has 0 aliphatic rings. The summed E-state index contributed by atoms with van der Waals surface area (Å²) >= 11 is 5.38. The van der Waals surface area contributed by atoms with Crippen molar-refractivity contribution < 1.29 is 9.18 Å². The zero-order chi connectivity index (χ0) is 13.8. The molecular weight excluding hydrogens is 269 g/mol. The standard InChI is InChI=1S/C13H15ClFN3O/c1-18-11-5-4-9(15)7-10(11)17-12(18)3-2-6-16-13(19)8-14/h4-5,7H,2-3,6,8H2,1H3,(H,16,19). The average molecular weight is 284 g/mol. The lowest BCUT2D eigenvalue weighted by Crippen LogP contribution is -2.25. The molecule has 2 aromatic rings. The zero-order valence-corrected chi connectivity index (χ0v) is 11.4. The number of imidazole rings is 1. The smallest absolute Gasteiger partial charge is 0.234 e. The van der Waals surface area contributed by atoms with E-state index in [2.05, 4.69) is 10.3 Å². The van der Waals surface area contributed by atoms with Crippen molar-refractivity contribution in [1.29, 1.82) is 0 Å². The third-order valence-corrected chi connectivity index (χ3v) is 3.20. The topological polar surface area (TPSA) is 46.9 Å². The average Bonchev–Trinajstić information content (AvgIpc) is 2.70. The molecule has 0 unspecified atom stereocenters. The van der Waals surface area contributed by atoms with Gasteiger partial charge in [-0.05, 0) is 18.6 Å². The molecule has 1 amide bonds. The minimum absolute atomic E-state index is 0.0223. The van der Waals surface area contributed by atoms with Gasteiger partial charge in [0.25, 0.3) is 0 Å². The van der Waals surface area contributed by atoms with Crippen LogP contribution in [0.1, 0.15) is 12.2 Å². The number of hydrogen-bond acceptors (Lipinski definition) is 2. The van der Waals surface area contributed by atoms with Crippen molar-refractivity contribution in [2.75, 3.05) is 12.4 Å². The van der Waals surface area contributed by atoms with Gasteiger partial charge in [-0.1, -0.05) is 0 Å². The first-order valence-electron chi connectivity index (χ1n) is 6.05. The maximum absolute atomic E-state index is 13.1. The lowest BCUT2D eigenvalue weighted by atomic mass is 10.3. The highest BCUT2D eigenvalue weighted by molar-refractivity contribution is 6.27. The zero-order valence-electron chi connectivity index (χ0n) is 10.6. The normalized spacial score (nSPS) is 10.9. The van der Waals surface area contributed by atoms with Crippen molar-refractivity contribution in [3.63, 3.8) is 0 Å². The van der Waals surface area contributed by atoms with Crippen molar-refractivity contribution in [3.8, 4) is 0 Å².